The molecular formula is C20H26N4O3. The van der Waals surface area contributed by atoms with E-state index in [0.29, 0.717) is 24.2 Å². The maximum atomic E-state index is 12.2. The van der Waals surface area contributed by atoms with E-state index in [2.05, 4.69) is 50.7 Å². The molecule has 1 aromatic carbocycles. The zero-order chi connectivity index (χ0) is 18.5. The average Bonchev–Trinajstić information content (AvgIpc) is 3.39. The fourth-order valence-corrected chi connectivity index (χ4v) is 3.83. The summed E-state index contributed by atoms with van der Waals surface area (Å²) in [4.78, 5) is 18.8. The lowest BCUT2D eigenvalue weighted by atomic mass is 9.89. The minimum atomic E-state index is -0.0899. The van der Waals surface area contributed by atoms with E-state index < -0.39 is 0 Å². The molecule has 7 nitrogen and oxygen atoms in total. The maximum absolute atomic E-state index is 12.2. The van der Waals surface area contributed by atoms with Gasteiger partial charge < -0.3 is 14.6 Å². The summed E-state index contributed by atoms with van der Waals surface area (Å²) >= 11 is 0. The van der Waals surface area contributed by atoms with Crippen LogP contribution in [0.5, 0.6) is 0 Å². The molecule has 0 radical (unpaired) electrons. The fraction of sp³-hybridized carbons (Fsp3) is 0.550. The minimum absolute atomic E-state index is 0.00312. The molecular weight excluding hydrogens is 344 g/mol. The van der Waals surface area contributed by atoms with E-state index in [4.69, 9.17) is 9.26 Å². The lowest BCUT2D eigenvalue weighted by Gasteiger charge is -2.31. The number of ether oxygens (including phenoxy) is 1. The lowest BCUT2D eigenvalue weighted by molar-refractivity contribution is -0.122. The van der Waals surface area contributed by atoms with Gasteiger partial charge in [-0.05, 0) is 50.3 Å². The number of hydrogen-bond donors (Lipinski definition) is 1. The van der Waals surface area contributed by atoms with Gasteiger partial charge in [-0.3, -0.25) is 9.69 Å². The molecule has 0 bridgehead atoms. The van der Waals surface area contributed by atoms with Crippen LogP contribution in [0.15, 0.2) is 34.9 Å². The largest absolute Gasteiger partial charge is 0.368 e. The van der Waals surface area contributed by atoms with Crippen molar-refractivity contribution in [1.29, 1.82) is 0 Å². The Labute approximate surface area is 159 Å². The molecule has 1 aromatic heterocycles. The number of rotatable bonds is 6. The fourth-order valence-electron chi connectivity index (χ4n) is 3.83. The third kappa shape index (κ3) is 4.73. The highest BCUT2D eigenvalue weighted by Crippen LogP contribution is 2.28. The Bertz CT molecular complexity index is 735. The van der Waals surface area contributed by atoms with E-state index in [1.807, 2.05) is 0 Å². The number of benzene rings is 1. The van der Waals surface area contributed by atoms with Crippen molar-refractivity contribution in [3.8, 4) is 0 Å². The van der Waals surface area contributed by atoms with Crippen LogP contribution < -0.4 is 5.32 Å². The number of amides is 1. The van der Waals surface area contributed by atoms with Crippen molar-refractivity contribution in [2.45, 2.75) is 44.2 Å². The molecule has 27 heavy (non-hydrogen) atoms. The van der Waals surface area contributed by atoms with Gasteiger partial charge in [0, 0.05) is 6.61 Å². The Hall–Kier alpha value is -2.25. The summed E-state index contributed by atoms with van der Waals surface area (Å²) in [5.74, 6) is 1.61. The second-order valence-corrected chi connectivity index (χ2v) is 7.29. The first-order valence-corrected chi connectivity index (χ1v) is 9.76. The monoisotopic (exact) mass is 370 g/mol. The Morgan fingerprint density at radius 1 is 1.19 bits per heavy atom. The van der Waals surface area contributed by atoms with E-state index >= 15 is 0 Å². The first kappa shape index (κ1) is 18.1. The summed E-state index contributed by atoms with van der Waals surface area (Å²) in [6.45, 7) is 3.32. The Morgan fingerprint density at radius 2 is 2.00 bits per heavy atom. The van der Waals surface area contributed by atoms with Gasteiger partial charge in [0.2, 0.25) is 5.91 Å². The average molecular weight is 370 g/mol. The molecule has 3 heterocycles. The van der Waals surface area contributed by atoms with Gasteiger partial charge in [0.15, 0.2) is 5.82 Å². The van der Waals surface area contributed by atoms with Gasteiger partial charge in [0.1, 0.15) is 6.10 Å². The van der Waals surface area contributed by atoms with Crippen LogP contribution in [-0.4, -0.2) is 47.2 Å². The van der Waals surface area contributed by atoms with Crippen molar-refractivity contribution in [2.24, 2.45) is 0 Å². The van der Waals surface area contributed by atoms with E-state index in [9.17, 15) is 4.79 Å². The number of nitrogens with one attached hydrogen (secondary N) is 1. The highest BCUT2D eigenvalue weighted by atomic mass is 16.5. The molecule has 4 rings (SSSR count). The number of piperidine rings is 1. The van der Waals surface area contributed by atoms with Crippen LogP contribution in [0.4, 0.5) is 0 Å². The summed E-state index contributed by atoms with van der Waals surface area (Å²) in [6.07, 6.45) is 4.01. The van der Waals surface area contributed by atoms with Gasteiger partial charge in [-0.2, -0.15) is 4.98 Å². The van der Waals surface area contributed by atoms with Crippen molar-refractivity contribution in [3.63, 3.8) is 0 Å². The molecule has 0 aliphatic carbocycles. The van der Waals surface area contributed by atoms with Gasteiger partial charge in [-0.25, -0.2) is 0 Å². The quantitative estimate of drug-likeness (QED) is 0.841. The Balaban J connectivity index is 1.19. The number of carbonyl (C=O) groups is 1. The van der Waals surface area contributed by atoms with Crippen LogP contribution in [0.2, 0.25) is 0 Å². The smallest absolute Gasteiger partial charge is 0.255 e. The van der Waals surface area contributed by atoms with Gasteiger partial charge in [0.05, 0.1) is 13.1 Å². The second-order valence-electron chi connectivity index (χ2n) is 7.29. The number of aromatic nitrogens is 2. The number of likely N-dealkylation sites (tertiary alicyclic amines) is 1. The molecule has 0 spiro atoms. The van der Waals surface area contributed by atoms with E-state index in [1.165, 1.54) is 5.56 Å². The predicted molar refractivity (Wildman–Crippen MR) is 98.9 cm³/mol. The first-order valence-electron chi connectivity index (χ1n) is 9.76. The summed E-state index contributed by atoms with van der Waals surface area (Å²) in [7, 11) is 0. The minimum Gasteiger partial charge on any atom is -0.368 e. The molecule has 2 aromatic rings. The number of carbonyl (C=O) groups excluding carboxylic acids is 1. The zero-order valence-corrected chi connectivity index (χ0v) is 15.5. The maximum Gasteiger partial charge on any atom is 0.255 e. The summed E-state index contributed by atoms with van der Waals surface area (Å²) in [5.41, 5.74) is 1.40. The van der Waals surface area contributed by atoms with Crippen LogP contribution in [0.1, 0.15) is 55.0 Å². The second kappa shape index (κ2) is 8.63. The van der Waals surface area contributed by atoms with Crippen molar-refractivity contribution in [1.82, 2.24) is 20.4 Å². The van der Waals surface area contributed by atoms with Crippen molar-refractivity contribution >= 4 is 5.91 Å². The number of nitrogens with zero attached hydrogens (tertiary/aromatic N) is 3. The van der Waals surface area contributed by atoms with Crippen LogP contribution in [0.3, 0.4) is 0 Å². The highest BCUT2D eigenvalue weighted by molar-refractivity contribution is 5.77. The van der Waals surface area contributed by atoms with Crippen LogP contribution in [0, 0.1) is 0 Å². The van der Waals surface area contributed by atoms with E-state index in [1.54, 1.807) is 0 Å². The topological polar surface area (TPSA) is 80.5 Å². The van der Waals surface area contributed by atoms with Gasteiger partial charge >= 0.3 is 0 Å². The molecule has 0 saturated carbocycles. The van der Waals surface area contributed by atoms with Gasteiger partial charge in [-0.1, -0.05) is 35.5 Å². The third-order valence-electron chi connectivity index (χ3n) is 5.36. The summed E-state index contributed by atoms with van der Waals surface area (Å²) < 4.78 is 10.8. The molecule has 7 heteroatoms. The zero-order valence-electron chi connectivity index (χ0n) is 15.5. The van der Waals surface area contributed by atoms with Gasteiger partial charge in [0.25, 0.3) is 5.89 Å². The molecule has 144 valence electrons. The highest BCUT2D eigenvalue weighted by Gasteiger charge is 2.24. The molecule has 1 atom stereocenters. The molecule has 2 fully saturated rings. The molecule has 2 saturated heterocycles. The van der Waals surface area contributed by atoms with Crippen LogP contribution >= 0.6 is 0 Å². The number of hydrogen-bond acceptors (Lipinski definition) is 6. The van der Waals surface area contributed by atoms with Crippen molar-refractivity contribution in [2.75, 3.05) is 26.2 Å². The van der Waals surface area contributed by atoms with Crippen molar-refractivity contribution < 1.29 is 14.1 Å². The molecule has 2 aliphatic rings. The molecule has 1 amide bonds. The third-order valence-corrected chi connectivity index (χ3v) is 5.36. The van der Waals surface area contributed by atoms with Crippen LogP contribution in [-0.2, 0) is 16.1 Å². The van der Waals surface area contributed by atoms with Crippen LogP contribution in [0.25, 0.3) is 0 Å². The Kier molecular flexibility index (Phi) is 5.79. The summed E-state index contributed by atoms with van der Waals surface area (Å²) in [5, 5.41) is 6.82. The standard InChI is InChI=1S/C20H26N4O3/c25-19(21-13-18-22-20(27-23-18)17-7-4-12-26-17)14-24-10-8-16(9-11-24)15-5-2-1-3-6-15/h1-3,5-6,16-17H,4,7-14H2,(H,21,25)/t17-/m0/s1. The Morgan fingerprint density at radius 3 is 2.74 bits per heavy atom. The SMILES string of the molecule is O=C(CN1CCC(c2ccccc2)CC1)NCc1noc([C@@H]2CCCO2)n1. The lowest BCUT2D eigenvalue weighted by Crippen LogP contribution is -2.41. The predicted octanol–water partition coefficient (Wildman–Crippen LogP) is 2.42. The van der Waals surface area contributed by atoms with E-state index in [0.717, 1.165) is 45.4 Å². The molecule has 0 unspecified atom stereocenters. The van der Waals surface area contributed by atoms with E-state index in [-0.39, 0.29) is 18.6 Å². The van der Waals surface area contributed by atoms with Gasteiger partial charge in [-0.15, -0.1) is 0 Å². The molecule has 2 aliphatic heterocycles. The van der Waals surface area contributed by atoms with Crippen molar-refractivity contribution in [3.05, 3.63) is 47.6 Å². The first-order chi connectivity index (χ1) is 13.3. The normalized spacial score (nSPS) is 21.4. The molecule has 1 N–H and O–H groups in total. The summed E-state index contributed by atoms with van der Waals surface area (Å²) in [6, 6.07) is 10.6.